The van der Waals surface area contributed by atoms with Gasteiger partial charge in [0.1, 0.15) is 17.4 Å². The number of para-hydroxylation sites is 1. The summed E-state index contributed by atoms with van der Waals surface area (Å²) in [5.74, 6) is -0.819. The van der Waals surface area contributed by atoms with Crippen LogP contribution in [0.2, 0.25) is 0 Å². The molecule has 3 aliphatic heterocycles. The number of hydrogen-bond acceptors (Lipinski definition) is 5. The van der Waals surface area contributed by atoms with E-state index in [1.807, 2.05) is 75.4 Å². The van der Waals surface area contributed by atoms with Crippen LogP contribution in [0.25, 0.3) is 0 Å². The molecular weight excluding hydrogens is 542 g/mol. The first-order valence-corrected chi connectivity index (χ1v) is 15.7. The van der Waals surface area contributed by atoms with Crippen LogP contribution in [0, 0.1) is 37.5 Å². The van der Waals surface area contributed by atoms with Gasteiger partial charge >= 0.3 is 0 Å². The second kappa shape index (κ2) is 11.5. The molecule has 2 aromatic rings. The third kappa shape index (κ3) is 5.03. The average molecular weight is 586 g/mol. The van der Waals surface area contributed by atoms with Gasteiger partial charge in [0, 0.05) is 17.3 Å². The maximum Gasteiger partial charge on any atom is 0.246 e. The molecule has 1 spiro atoms. The molecule has 2 bridgehead atoms. The van der Waals surface area contributed by atoms with Gasteiger partial charge in [-0.15, -0.1) is 0 Å². The zero-order chi connectivity index (χ0) is 30.5. The summed E-state index contributed by atoms with van der Waals surface area (Å²) < 4.78 is 12.4. The second-order valence-electron chi connectivity index (χ2n) is 12.9. The summed E-state index contributed by atoms with van der Waals surface area (Å²) in [5.41, 5.74) is 2.46. The molecule has 0 radical (unpaired) electrons. The molecule has 1 aliphatic carbocycles. The molecular formula is C35H43N3O5. The highest BCUT2D eigenvalue weighted by atomic mass is 16.5. The number of nitrogens with one attached hydrogen (secondary N) is 2. The van der Waals surface area contributed by atoms with Crippen LogP contribution in [0.3, 0.4) is 0 Å². The molecule has 3 heterocycles. The molecule has 8 atom stereocenters. The van der Waals surface area contributed by atoms with Crippen LogP contribution in [0.4, 0.5) is 5.69 Å². The predicted octanol–water partition coefficient (Wildman–Crippen LogP) is 4.93. The van der Waals surface area contributed by atoms with E-state index >= 15 is 0 Å². The minimum absolute atomic E-state index is 0.0193. The third-order valence-corrected chi connectivity index (χ3v) is 10.3. The van der Waals surface area contributed by atoms with E-state index in [0.717, 1.165) is 36.0 Å². The number of carbonyl (C=O) groups excluding carboxylic acids is 3. The number of nitrogens with zero attached hydrogens (tertiary/aromatic N) is 1. The summed E-state index contributed by atoms with van der Waals surface area (Å²) in [7, 11) is 0. The molecule has 2 aromatic carbocycles. The number of fused-ring (bicyclic) bond motifs is 1. The van der Waals surface area contributed by atoms with Gasteiger partial charge in [-0.2, -0.15) is 0 Å². The van der Waals surface area contributed by atoms with E-state index < -0.39 is 29.6 Å². The Morgan fingerprint density at radius 2 is 1.86 bits per heavy atom. The standard InChI is InChI=1S/C35H43N3O5/c1-6-42-27-13-8-7-11-24(27)19-38-31(33(40)37-26-12-9-10-21(3)23(26)5)35-17-16-28(43-35)29(30(35)34(38)41)32(39)36-25-15-14-20(2)22(4)18-25/h7-8,11,13-18,21,23,26,28-31H,6,9-10,12,19H2,1-5H3,(H,36,39)(H,37,40)/t21-,23+,26-,28+,29-,30+,31+,35+/m1/s1. The highest BCUT2D eigenvalue weighted by Crippen LogP contribution is 2.55. The molecule has 8 heteroatoms. The molecule has 3 amide bonds. The van der Waals surface area contributed by atoms with Crippen molar-refractivity contribution in [3.63, 3.8) is 0 Å². The zero-order valence-corrected chi connectivity index (χ0v) is 25.8. The highest BCUT2D eigenvalue weighted by Gasteiger charge is 2.72. The van der Waals surface area contributed by atoms with Crippen molar-refractivity contribution in [2.45, 2.75) is 84.2 Å². The van der Waals surface area contributed by atoms with Crippen molar-refractivity contribution >= 4 is 23.4 Å². The molecule has 0 unspecified atom stereocenters. The lowest BCUT2D eigenvalue weighted by Gasteiger charge is -2.38. The Hall–Kier alpha value is -3.65. The first-order chi connectivity index (χ1) is 20.6. The van der Waals surface area contributed by atoms with Gasteiger partial charge in [-0.25, -0.2) is 0 Å². The smallest absolute Gasteiger partial charge is 0.246 e. The number of carbonyl (C=O) groups is 3. The van der Waals surface area contributed by atoms with Crippen LogP contribution in [-0.4, -0.2) is 53.0 Å². The van der Waals surface area contributed by atoms with Gasteiger partial charge in [-0.3, -0.25) is 14.4 Å². The first-order valence-electron chi connectivity index (χ1n) is 15.7. The van der Waals surface area contributed by atoms with E-state index in [1.54, 1.807) is 4.90 Å². The number of aryl methyl sites for hydroxylation is 2. The number of anilines is 1. The molecule has 3 fully saturated rings. The zero-order valence-electron chi connectivity index (χ0n) is 25.8. The first kappa shape index (κ1) is 29.4. The van der Waals surface area contributed by atoms with Crippen LogP contribution >= 0.6 is 0 Å². The number of amides is 3. The lowest BCUT2D eigenvalue weighted by molar-refractivity contribution is -0.142. The quantitative estimate of drug-likeness (QED) is 0.428. The predicted molar refractivity (Wildman–Crippen MR) is 164 cm³/mol. The minimum Gasteiger partial charge on any atom is -0.494 e. The summed E-state index contributed by atoms with van der Waals surface area (Å²) >= 11 is 0. The van der Waals surface area contributed by atoms with Gasteiger partial charge in [-0.05, 0) is 68.4 Å². The number of hydrogen-bond donors (Lipinski definition) is 2. The third-order valence-electron chi connectivity index (χ3n) is 10.3. The van der Waals surface area contributed by atoms with Gasteiger partial charge in [0.2, 0.25) is 17.7 Å². The van der Waals surface area contributed by atoms with Crippen molar-refractivity contribution < 1.29 is 23.9 Å². The van der Waals surface area contributed by atoms with Crippen molar-refractivity contribution in [2.75, 3.05) is 11.9 Å². The normalized spacial score (nSPS) is 32.5. The molecule has 2 N–H and O–H groups in total. The maximum atomic E-state index is 14.4. The summed E-state index contributed by atoms with van der Waals surface area (Å²) in [6.45, 7) is 11.0. The van der Waals surface area contributed by atoms with E-state index in [2.05, 4.69) is 24.5 Å². The van der Waals surface area contributed by atoms with Crippen molar-refractivity contribution in [1.82, 2.24) is 10.2 Å². The molecule has 4 aliphatic rings. The van der Waals surface area contributed by atoms with Gasteiger partial charge in [0.05, 0.1) is 31.1 Å². The Bertz CT molecular complexity index is 1450. The summed E-state index contributed by atoms with van der Waals surface area (Å²) in [6, 6.07) is 12.5. The Morgan fingerprint density at radius 3 is 2.63 bits per heavy atom. The van der Waals surface area contributed by atoms with Crippen LogP contribution < -0.4 is 15.4 Å². The van der Waals surface area contributed by atoms with E-state index in [4.69, 9.17) is 9.47 Å². The van der Waals surface area contributed by atoms with Crippen LogP contribution in [-0.2, 0) is 25.7 Å². The molecule has 43 heavy (non-hydrogen) atoms. The van der Waals surface area contributed by atoms with Gasteiger partial charge in [0.15, 0.2) is 0 Å². The lowest BCUT2D eigenvalue weighted by atomic mass is 9.73. The largest absolute Gasteiger partial charge is 0.494 e. The summed E-state index contributed by atoms with van der Waals surface area (Å²) in [4.78, 5) is 44.2. The average Bonchev–Trinajstić information content (AvgIpc) is 3.62. The van der Waals surface area contributed by atoms with Crippen molar-refractivity contribution in [2.24, 2.45) is 23.7 Å². The van der Waals surface area contributed by atoms with Crippen LogP contribution in [0.5, 0.6) is 5.75 Å². The second-order valence-corrected chi connectivity index (χ2v) is 12.9. The lowest BCUT2D eigenvalue weighted by Crippen LogP contribution is -2.57. The van der Waals surface area contributed by atoms with Crippen LogP contribution in [0.1, 0.15) is 56.7 Å². The van der Waals surface area contributed by atoms with Gasteiger partial charge in [-0.1, -0.05) is 63.1 Å². The topological polar surface area (TPSA) is 97.0 Å². The fourth-order valence-electron chi connectivity index (χ4n) is 7.64. The Labute approximate surface area is 254 Å². The fraction of sp³-hybridized carbons (Fsp3) is 0.514. The van der Waals surface area contributed by atoms with Crippen molar-refractivity contribution in [3.05, 3.63) is 71.3 Å². The number of ether oxygens (including phenoxy) is 2. The fourth-order valence-corrected chi connectivity index (χ4v) is 7.64. The van der Waals surface area contributed by atoms with E-state index in [9.17, 15) is 14.4 Å². The Morgan fingerprint density at radius 1 is 1.07 bits per heavy atom. The Balaban J connectivity index is 1.34. The number of benzene rings is 2. The molecule has 6 rings (SSSR count). The monoisotopic (exact) mass is 585 g/mol. The number of likely N-dealkylation sites (tertiary alicyclic amines) is 1. The molecule has 228 valence electrons. The van der Waals surface area contributed by atoms with Crippen molar-refractivity contribution in [1.29, 1.82) is 0 Å². The summed E-state index contributed by atoms with van der Waals surface area (Å²) in [6.07, 6.45) is 6.25. The molecule has 2 saturated heterocycles. The van der Waals surface area contributed by atoms with Crippen molar-refractivity contribution in [3.8, 4) is 5.75 Å². The van der Waals surface area contributed by atoms with E-state index in [0.29, 0.717) is 29.9 Å². The van der Waals surface area contributed by atoms with E-state index in [-0.39, 0.29) is 30.3 Å². The highest BCUT2D eigenvalue weighted by molar-refractivity contribution is 6.02. The van der Waals surface area contributed by atoms with Crippen LogP contribution in [0.15, 0.2) is 54.6 Å². The van der Waals surface area contributed by atoms with E-state index in [1.165, 1.54) is 0 Å². The number of rotatable bonds is 8. The molecule has 1 saturated carbocycles. The van der Waals surface area contributed by atoms with Gasteiger partial charge < -0.3 is 25.0 Å². The Kier molecular flexibility index (Phi) is 7.84. The summed E-state index contributed by atoms with van der Waals surface area (Å²) in [5, 5.41) is 6.36. The molecule has 8 nitrogen and oxygen atoms in total. The molecule has 0 aromatic heterocycles. The SMILES string of the molecule is CCOc1ccccc1CN1C(=O)[C@@H]2[C@H](C(=O)Nc3ccc(C)c(C)c3)[C@@H]3C=C[C@@]2(O3)[C@@H]1C(=O)N[C@@H]1CCC[C@@H](C)[C@@H]1C. The minimum atomic E-state index is -1.22. The van der Waals surface area contributed by atoms with Gasteiger partial charge in [0.25, 0.3) is 0 Å². The maximum absolute atomic E-state index is 14.4.